The van der Waals surface area contributed by atoms with Gasteiger partial charge in [-0.2, -0.15) is 0 Å². The lowest BCUT2D eigenvalue weighted by Crippen LogP contribution is -1.98. The van der Waals surface area contributed by atoms with Crippen molar-refractivity contribution < 1.29 is 13.9 Å². The molecular weight excluding hydrogens is 267 g/mol. The van der Waals surface area contributed by atoms with Gasteiger partial charge in [-0.25, -0.2) is 9.18 Å². The van der Waals surface area contributed by atoms with E-state index in [9.17, 15) is 9.18 Å². The third kappa shape index (κ3) is 2.72. The lowest BCUT2D eigenvalue weighted by atomic mass is 10.0. The second kappa shape index (κ2) is 5.52. The standard InChI is InChI=1S/C18H15FO2/c1-2-21-18(20)8-4-12-3-6-16-13(9-12)10-14-11-15(19)5-7-17(14)16/h3-9,11H,2,10H2,1H3/b8-4+. The zero-order valence-electron chi connectivity index (χ0n) is 11.7. The predicted molar refractivity (Wildman–Crippen MR) is 80.3 cm³/mol. The van der Waals surface area contributed by atoms with Gasteiger partial charge in [-0.15, -0.1) is 0 Å². The molecule has 0 bridgehead atoms. The highest BCUT2D eigenvalue weighted by atomic mass is 19.1. The SMILES string of the molecule is CCOC(=O)/C=C/c1ccc2c(c1)Cc1cc(F)ccc1-2. The Labute approximate surface area is 122 Å². The van der Waals surface area contributed by atoms with E-state index in [1.54, 1.807) is 19.1 Å². The zero-order valence-corrected chi connectivity index (χ0v) is 11.7. The maximum absolute atomic E-state index is 13.3. The normalized spacial score (nSPS) is 12.3. The third-order valence-corrected chi connectivity index (χ3v) is 3.57. The smallest absolute Gasteiger partial charge is 0.330 e. The summed E-state index contributed by atoms with van der Waals surface area (Å²) in [5.41, 5.74) is 5.33. The van der Waals surface area contributed by atoms with Crippen LogP contribution in [0.1, 0.15) is 23.6 Å². The first-order chi connectivity index (χ1) is 10.2. The van der Waals surface area contributed by atoms with Gasteiger partial charge in [0.2, 0.25) is 0 Å². The predicted octanol–water partition coefficient (Wildman–Crippen LogP) is 3.97. The Morgan fingerprint density at radius 1 is 1.19 bits per heavy atom. The molecule has 1 aliphatic rings. The van der Waals surface area contributed by atoms with Gasteiger partial charge in [-0.3, -0.25) is 0 Å². The molecule has 3 heteroatoms. The number of halogens is 1. The number of esters is 1. The molecule has 0 N–H and O–H groups in total. The van der Waals surface area contributed by atoms with Crippen LogP contribution in [-0.4, -0.2) is 12.6 Å². The van der Waals surface area contributed by atoms with Crippen molar-refractivity contribution in [3.63, 3.8) is 0 Å². The number of carbonyl (C=O) groups excluding carboxylic acids is 1. The van der Waals surface area contributed by atoms with Gasteiger partial charge in [-0.05, 0) is 59.4 Å². The summed E-state index contributed by atoms with van der Waals surface area (Å²) in [6, 6.07) is 10.9. The molecule has 0 fully saturated rings. The van der Waals surface area contributed by atoms with Crippen molar-refractivity contribution in [2.45, 2.75) is 13.3 Å². The highest BCUT2D eigenvalue weighted by Crippen LogP contribution is 2.37. The van der Waals surface area contributed by atoms with Crippen LogP contribution in [0.4, 0.5) is 4.39 Å². The van der Waals surface area contributed by atoms with Crippen LogP contribution in [-0.2, 0) is 16.0 Å². The van der Waals surface area contributed by atoms with E-state index >= 15 is 0 Å². The molecule has 0 unspecified atom stereocenters. The quantitative estimate of drug-likeness (QED) is 0.536. The summed E-state index contributed by atoms with van der Waals surface area (Å²) in [5, 5.41) is 0. The van der Waals surface area contributed by atoms with E-state index in [2.05, 4.69) is 0 Å². The van der Waals surface area contributed by atoms with Crippen molar-refractivity contribution in [3.05, 3.63) is 65.0 Å². The molecule has 0 amide bonds. The van der Waals surface area contributed by atoms with Crippen molar-refractivity contribution in [3.8, 4) is 11.1 Å². The maximum Gasteiger partial charge on any atom is 0.330 e. The molecule has 0 aliphatic heterocycles. The Morgan fingerprint density at radius 3 is 2.67 bits per heavy atom. The first kappa shape index (κ1) is 13.6. The van der Waals surface area contributed by atoms with Gasteiger partial charge in [0.05, 0.1) is 6.61 Å². The molecular formula is C18H15FO2. The van der Waals surface area contributed by atoms with Gasteiger partial charge in [0.15, 0.2) is 0 Å². The minimum absolute atomic E-state index is 0.205. The number of hydrogen-bond donors (Lipinski definition) is 0. The van der Waals surface area contributed by atoms with Crippen LogP contribution >= 0.6 is 0 Å². The molecule has 2 aromatic carbocycles. The Bertz CT molecular complexity index is 732. The fourth-order valence-corrected chi connectivity index (χ4v) is 2.66. The van der Waals surface area contributed by atoms with Crippen LogP contribution in [0.3, 0.4) is 0 Å². The molecule has 0 atom stereocenters. The van der Waals surface area contributed by atoms with Crippen molar-refractivity contribution in [1.82, 2.24) is 0 Å². The molecule has 0 saturated heterocycles. The van der Waals surface area contributed by atoms with Crippen molar-refractivity contribution >= 4 is 12.0 Å². The number of benzene rings is 2. The molecule has 21 heavy (non-hydrogen) atoms. The summed E-state index contributed by atoms with van der Waals surface area (Å²) in [4.78, 5) is 11.3. The fraction of sp³-hybridized carbons (Fsp3) is 0.167. The summed E-state index contributed by atoms with van der Waals surface area (Å²) >= 11 is 0. The molecule has 106 valence electrons. The average molecular weight is 282 g/mol. The van der Waals surface area contributed by atoms with Gasteiger partial charge in [0.1, 0.15) is 5.82 Å². The Kier molecular flexibility index (Phi) is 3.57. The van der Waals surface area contributed by atoms with E-state index in [-0.39, 0.29) is 11.8 Å². The Hall–Kier alpha value is -2.42. The molecule has 2 nitrogen and oxygen atoms in total. The van der Waals surface area contributed by atoms with Crippen LogP contribution in [0, 0.1) is 5.82 Å². The number of hydrogen-bond acceptors (Lipinski definition) is 2. The molecule has 2 aromatic rings. The lowest BCUT2D eigenvalue weighted by Gasteiger charge is -2.02. The van der Waals surface area contributed by atoms with Gasteiger partial charge in [0.25, 0.3) is 0 Å². The second-order valence-electron chi connectivity index (χ2n) is 4.98. The van der Waals surface area contributed by atoms with Gasteiger partial charge in [0, 0.05) is 6.08 Å². The third-order valence-electron chi connectivity index (χ3n) is 3.57. The minimum atomic E-state index is -0.344. The van der Waals surface area contributed by atoms with E-state index in [4.69, 9.17) is 4.74 Å². The summed E-state index contributed by atoms with van der Waals surface area (Å²) in [6.45, 7) is 2.14. The highest BCUT2D eigenvalue weighted by molar-refractivity contribution is 5.87. The zero-order chi connectivity index (χ0) is 14.8. The molecule has 0 spiro atoms. The van der Waals surface area contributed by atoms with Crippen molar-refractivity contribution in [2.24, 2.45) is 0 Å². The van der Waals surface area contributed by atoms with Gasteiger partial charge in [-0.1, -0.05) is 24.3 Å². The van der Waals surface area contributed by atoms with Crippen LogP contribution in [0.2, 0.25) is 0 Å². The number of carbonyl (C=O) groups is 1. The van der Waals surface area contributed by atoms with Crippen molar-refractivity contribution in [2.75, 3.05) is 6.61 Å². The number of fused-ring (bicyclic) bond motifs is 3. The lowest BCUT2D eigenvalue weighted by molar-refractivity contribution is -0.137. The minimum Gasteiger partial charge on any atom is -0.463 e. The fourth-order valence-electron chi connectivity index (χ4n) is 2.66. The average Bonchev–Trinajstić information content (AvgIpc) is 2.81. The van der Waals surface area contributed by atoms with Crippen LogP contribution in [0.15, 0.2) is 42.5 Å². The molecule has 0 radical (unpaired) electrons. The Balaban J connectivity index is 1.87. The molecule has 0 aromatic heterocycles. The van der Waals surface area contributed by atoms with Gasteiger partial charge < -0.3 is 4.74 Å². The highest BCUT2D eigenvalue weighted by Gasteiger charge is 2.18. The molecule has 3 rings (SSSR count). The van der Waals surface area contributed by atoms with Crippen LogP contribution in [0.5, 0.6) is 0 Å². The summed E-state index contributed by atoms with van der Waals surface area (Å²) in [6.07, 6.45) is 3.89. The topological polar surface area (TPSA) is 26.3 Å². The molecule has 0 heterocycles. The summed E-state index contributed by atoms with van der Waals surface area (Å²) < 4.78 is 18.1. The van der Waals surface area contributed by atoms with Crippen LogP contribution in [0.25, 0.3) is 17.2 Å². The van der Waals surface area contributed by atoms with E-state index in [1.807, 2.05) is 24.3 Å². The maximum atomic E-state index is 13.3. The largest absolute Gasteiger partial charge is 0.463 e. The van der Waals surface area contributed by atoms with E-state index in [0.29, 0.717) is 6.61 Å². The molecule has 0 saturated carbocycles. The van der Waals surface area contributed by atoms with Gasteiger partial charge >= 0.3 is 5.97 Å². The monoisotopic (exact) mass is 282 g/mol. The van der Waals surface area contributed by atoms with E-state index in [1.165, 1.54) is 12.1 Å². The number of rotatable bonds is 3. The van der Waals surface area contributed by atoms with E-state index in [0.717, 1.165) is 34.2 Å². The Morgan fingerprint density at radius 2 is 1.90 bits per heavy atom. The first-order valence-corrected chi connectivity index (χ1v) is 6.94. The second-order valence-corrected chi connectivity index (χ2v) is 4.98. The molecule has 1 aliphatic carbocycles. The number of ether oxygens (including phenoxy) is 1. The van der Waals surface area contributed by atoms with Crippen molar-refractivity contribution in [1.29, 1.82) is 0 Å². The van der Waals surface area contributed by atoms with E-state index < -0.39 is 0 Å². The summed E-state index contributed by atoms with van der Waals surface area (Å²) in [7, 11) is 0. The first-order valence-electron chi connectivity index (χ1n) is 6.94. The van der Waals surface area contributed by atoms with Crippen LogP contribution < -0.4 is 0 Å². The summed E-state index contributed by atoms with van der Waals surface area (Å²) in [5.74, 6) is -0.549.